The predicted molar refractivity (Wildman–Crippen MR) is 78.1 cm³/mol. The molecule has 0 aliphatic heterocycles. The van der Waals surface area contributed by atoms with E-state index in [-0.39, 0.29) is 15.7 Å². The minimum atomic E-state index is -3.39. The molecular weight excluding hydrogens is 298 g/mol. The molecule has 110 valence electrons. The van der Waals surface area contributed by atoms with Gasteiger partial charge in [-0.15, -0.1) is 5.10 Å². The van der Waals surface area contributed by atoms with Gasteiger partial charge in [-0.3, -0.25) is 4.79 Å². The van der Waals surface area contributed by atoms with E-state index in [1.165, 1.54) is 10.6 Å². The van der Waals surface area contributed by atoms with Gasteiger partial charge < -0.3 is 0 Å². The SMILES string of the molecule is CCCCCCS(=O)(=O)c1nn2c(C)cc(=O)nc2s1. The van der Waals surface area contributed by atoms with E-state index in [1.807, 2.05) is 0 Å². The molecule has 6 nitrogen and oxygen atoms in total. The van der Waals surface area contributed by atoms with Crippen molar-refractivity contribution in [2.24, 2.45) is 0 Å². The zero-order valence-corrected chi connectivity index (χ0v) is 13.1. The molecule has 20 heavy (non-hydrogen) atoms. The molecule has 0 aliphatic rings. The van der Waals surface area contributed by atoms with Crippen LogP contribution in [0.3, 0.4) is 0 Å². The second kappa shape index (κ2) is 6.01. The van der Waals surface area contributed by atoms with Gasteiger partial charge in [-0.1, -0.05) is 37.5 Å². The zero-order valence-electron chi connectivity index (χ0n) is 11.5. The molecule has 2 aromatic heterocycles. The summed E-state index contributed by atoms with van der Waals surface area (Å²) in [6.07, 6.45) is 3.63. The average molecular weight is 315 g/mol. The van der Waals surface area contributed by atoms with Gasteiger partial charge in [0, 0.05) is 11.8 Å². The van der Waals surface area contributed by atoms with Crippen molar-refractivity contribution in [3.8, 4) is 0 Å². The molecule has 0 bridgehead atoms. The summed E-state index contributed by atoms with van der Waals surface area (Å²) < 4.78 is 25.8. The van der Waals surface area contributed by atoms with Crippen molar-refractivity contribution >= 4 is 26.1 Å². The smallest absolute Gasteiger partial charge is 0.267 e. The summed E-state index contributed by atoms with van der Waals surface area (Å²) >= 11 is 0.949. The molecule has 0 unspecified atom stereocenters. The maximum Gasteiger partial charge on any atom is 0.274 e. The average Bonchev–Trinajstić information content (AvgIpc) is 2.79. The lowest BCUT2D eigenvalue weighted by Crippen LogP contribution is -2.10. The molecule has 0 radical (unpaired) electrons. The molecule has 8 heteroatoms. The van der Waals surface area contributed by atoms with Crippen LogP contribution in [0.4, 0.5) is 0 Å². The Labute approximate surface area is 121 Å². The van der Waals surface area contributed by atoms with Gasteiger partial charge in [0.25, 0.3) is 5.56 Å². The van der Waals surface area contributed by atoms with Crippen molar-refractivity contribution < 1.29 is 8.42 Å². The lowest BCUT2D eigenvalue weighted by atomic mass is 10.2. The lowest BCUT2D eigenvalue weighted by Gasteiger charge is -1.99. The van der Waals surface area contributed by atoms with Crippen molar-refractivity contribution in [3.05, 3.63) is 22.1 Å². The van der Waals surface area contributed by atoms with Crippen molar-refractivity contribution in [1.29, 1.82) is 0 Å². The Morgan fingerprint density at radius 2 is 2.05 bits per heavy atom. The normalized spacial score (nSPS) is 12.1. The van der Waals surface area contributed by atoms with Crippen LogP contribution in [0.25, 0.3) is 4.96 Å². The molecule has 2 aromatic rings. The van der Waals surface area contributed by atoms with Gasteiger partial charge in [-0.05, 0) is 13.3 Å². The van der Waals surface area contributed by atoms with Crippen LogP contribution in [0.2, 0.25) is 0 Å². The molecule has 0 N–H and O–H groups in total. The Bertz CT molecular complexity index is 762. The Morgan fingerprint density at radius 1 is 1.30 bits per heavy atom. The number of hydrogen-bond acceptors (Lipinski definition) is 6. The fourth-order valence-corrected chi connectivity index (χ4v) is 4.50. The number of aromatic nitrogens is 3. The molecule has 0 fully saturated rings. The maximum atomic E-state index is 12.2. The Hall–Kier alpha value is -1.28. The minimum absolute atomic E-state index is 0.0372. The topological polar surface area (TPSA) is 81.4 Å². The van der Waals surface area contributed by atoms with E-state index in [9.17, 15) is 13.2 Å². The van der Waals surface area contributed by atoms with Crippen LogP contribution >= 0.6 is 11.3 Å². The standard InChI is InChI=1S/C12H17N3O3S2/c1-3-4-5-6-7-20(17,18)12-14-15-9(2)8-10(16)13-11(15)19-12/h8H,3-7H2,1-2H3. The van der Waals surface area contributed by atoms with Crippen LogP contribution in [0.15, 0.2) is 15.2 Å². The molecule has 0 aromatic carbocycles. The predicted octanol–water partition coefficient (Wildman–Crippen LogP) is 1.81. The van der Waals surface area contributed by atoms with Gasteiger partial charge in [0.1, 0.15) is 0 Å². The molecule has 0 amide bonds. The highest BCUT2D eigenvalue weighted by Gasteiger charge is 2.20. The number of nitrogens with zero attached hydrogens (tertiary/aromatic N) is 3. The van der Waals surface area contributed by atoms with Gasteiger partial charge in [-0.2, -0.15) is 4.98 Å². The van der Waals surface area contributed by atoms with Crippen LogP contribution in [-0.4, -0.2) is 28.8 Å². The summed E-state index contributed by atoms with van der Waals surface area (Å²) in [5.74, 6) is 0.0939. The molecule has 2 rings (SSSR count). The second-order valence-electron chi connectivity index (χ2n) is 4.68. The Kier molecular flexibility index (Phi) is 4.54. The van der Waals surface area contributed by atoms with Gasteiger partial charge in [0.2, 0.25) is 19.1 Å². The van der Waals surface area contributed by atoms with Gasteiger partial charge in [0.05, 0.1) is 5.75 Å². The fraction of sp³-hybridized carbons (Fsp3) is 0.583. The molecule has 0 atom stereocenters. The maximum absolute atomic E-state index is 12.2. The van der Waals surface area contributed by atoms with Crippen LogP contribution in [0.5, 0.6) is 0 Å². The first-order chi connectivity index (χ1) is 9.44. The van der Waals surface area contributed by atoms with E-state index >= 15 is 0 Å². The highest BCUT2D eigenvalue weighted by molar-refractivity contribution is 7.93. The second-order valence-corrected chi connectivity index (χ2v) is 7.92. The highest BCUT2D eigenvalue weighted by atomic mass is 32.2. The van der Waals surface area contributed by atoms with Crippen LogP contribution in [-0.2, 0) is 9.84 Å². The summed E-state index contributed by atoms with van der Waals surface area (Å²) in [6, 6.07) is 1.34. The van der Waals surface area contributed by atoms with Crippen LogP contribution in [0.1, 0.15) is 38.3 Å². The number of hydrogen-bond donors (Lipinski definition) is 0. The molecule has 0 saturated heterocycles. The van der Waals surface area contributed by atoms with Crippen LogP contribution < -0.4 is 5.56 Å². The largest absolute Gasteiger partial charge is 0.274 e. The third-order valence-corrected chi connectivity index (χ3v) is 6.10. The number of rotatable bonds is 6. The third-order valence-electron chi connectivity index (χ3n) is 2.95. The Balaban J connectivity index is 2.28. The first-order valence-corrected chi connectivity index (χ1v) is 9.01. The van der Waals surface area contributed by atoms with E-state index in [2.05, 4.69) is 17.0 Å². The lowest BCUT2D eigenvalue weighted by molar-refractivity contribution is 0.586. The van der Waals surface area contributed by atoms with E-state index in [4.69, 9.17) is 0 Å². The van der Waals surface area contributed by atoms with Crippen molar-refractivity contribution in [2.75, 3.05) is 5.75 Å². The highest BCUT2D eigenvalue weighted by Crippen LogP contribution is 2.20. The van der Waals surface area contributed by atoms with Gasteiger partial charge in [0.15, 0.2) is 0 Å². The number of unbranched alkanes of at least 4 members (excludes halogenated alkanes) is 3. The number of sulfone groups is 1. The molecular formula is C12H17N3O3S2. The minimum Gasteiger partial charge on any atom is -0.267 e. The quantitative estimate of drug-likeness (QED) is 0.759. The number of fused-ring (bicyclic) bond motifs is 1. The summed E-state index contributed by atoms with van der Waals surface area (Å²) in [6.45, 7) is 3.78. The fourth-order valence-electron chi connectivity index (χ4n) is 1.86. The van der Waals surface area contributed by atoms with E-state index in [0.717, 1.165) is 30.6 Å². The number of aryl methyl sites for hydroxylation is 1. The van der Waals surface area contributed by atoms with Gasteiger partial charge in [-0.25, -0.2) is 12.9 Å². The first-order valence-electron chi connectivity index (χ1n) is 6.54. The monoisotopic (exact) mass is 315 g/mol. The van der Waals surface area contributed by atoms with Crippen LogP contribution in [0, 0.1) is 6.92 Å². The van der Waals surface area contributed by atoms with E-state index in [0.29, 0.717) is 17.1 Å². The van der Waals surface area contributed by atoms with Crippen molar-refractivity contribution in [2.45, 2.75) is 43.9 Å². The molecule has 0 aliphatic carbocycles. The van der Waals surface area contributed by atoms with E-state index in [1.54, 1.807) is 6.92 Å². The molecule has 0 saturated carbocycles. The zero-order chi connectivity index (χ0) is 14.8. The summed E-state index contributed by atoms with van der Waals surface area (Å²) in [7, 11) is -3.39. The molecule has 2 heterocycles. The summed E-state index contributed by atoms with van der Waals surface area (Å²) in [5, 5.41) is 4.07. The molecule has 0 spiro atoms. The first kappa shape index (κ1) is 15.1. The van der Waals surface area contributed by atoms with Gasteiger partial charge >= 0.3 is 0 Å². The van der Waals surface area contributed by atoms with Crippen molar-refractivity contribution in [3.63, 3.8) is 0 Å². The van der Waals surface area contributed by atoms with Crippen molar-refractivity contribution in [1.82, 2.24) is 14.6 Å². The van der Waals surface area contributed by atoms with E-state index < -0.39 is 9.84 Å². The third kappa shape index (κ3) is 3.24. The summed E-state index contributed by atoms with van der Waals surface area (Å²) in [5.41, 5.74) is 0.210. The summed E-state index contributed by atoms with van der Waals surface area (Å²) in [4.78, 5) is 15.4. The Morgan fingerprint density at radius 3 is 2.75 bits per heavy atom.